The van der Waals surface area contributed by atoms with Crippen molar-refractivity contribution in [2.45, 2.75) is 20.1 Å². The van der Waals surface area contributed by atoms with Gasteiger partial charge in [0.15, 0.2) is 6.61 Å². The van der Waals surface area contributed by atoms with Gasteiger partial charge in [-0.05, 0) is 18.2 Å². The van der Waals surface area contributed by atoms with Crippen molar-refractivity contribution in [1.82, 2.24) is 10.2 Å². The van der Waals surface area contributed by atoms with Gasteiger partial charge in [0.1, 0.15) is 17.9 Å². The van der Waals surface area contributed by atoms with Crippen molar-refractivity contribution in [1.29, 1.82) is 0 Å². The molecule has 0 aliphatic heterocycles. The second kappa shape index (κ2) is 7.33. The smallest absolute Gasteiger partial charge is 0.375 e. The van der Waals surface area contributed by atoms with Gasteiger partial charge in [-0.2, -0.15) is 0 Å². The summed E-state index contributed by atoms with van der Waals surface area (Å²) in [6, 6.07) is 16.7. The van der Waals surface area contributed by atoms with E-state index in [1.54, 1.807) is 13.0 Å². The highest BCUT2D eigenvalue weighted by atomic mass is 16.6. The first-order chi connectivity index (χ1) is 13.2. The Morgan fingerprint density at radius 1 is 0.963 bits per heavy atom. The summed E-state index contributed by atoms with van der Waals surface area (Å²) >= 11 is 0. The topological polar surface area (TPSA) is 87.6 Å². The highest BCUT2D eigenvalue weighted by Crippen LogP contribution is 2.28. The number of esters is 1. The van der Waals surface area contributed by atoms with Gasteiger partial charge >= 0.3 is 5.97 Å². The number of rotatable bonds is 6. The van der Waals surface area contributed by atoms with Gasteiger partial charge in [0.25, 0.3) is 5.89 Å². The molecule has 2 heterocycles. The van der Waals surface area contributed by atoms with Gasteiger partial charge in [0, 0.05) is 12.3 Å². The molecule has 0 aliphatic carbocycles. The van der Waals surface area contributed by atoms with Crippen LogP contribution in [0.15, 0.2) is 63.4 Å². The molecule has 0 amide bonds. The Bertz CT molecular complexity index is 1070. The summed E-state index contributed by atoms with van der Waals surface area (Å²) in [5.74, 6) is 0.807. The molecule has 0 saturated carbocycles. The van der Waals surface area contributed by atoms with E-state index in [-0.39, 0.29) is 24.9 Å². The molecule has 27 heavy (non-hydrogen) atoms. The fraction of sp³-hybridized carbons (Fsp3) is 0.150. The predicted octanol–water partition coefficient (Wildman–Crippen LogP) is 4.06. The lowest BCUT2D eigenvalue weighted by atomic mass is 10.1. The fourth-order valence-corrected chi connectivity index (χ4v) is 2.67. The first-order valence-corrected chi connectivity index (χ1v) is 8.35. The van der Waals surface area contributed by atoms with Crippen LogP contribution in [-0.4, -0.2) is 16.2 Å². The third-order valence-corrected chi connectivity index (χ3v) is 3.90. The average Bonchev–Trinajstić information content (AvgIpc) is 3.28. The molecule has 0 aliphatic rings. The Morgan fingerprint density at radius 3 is 2.52 bits per heavy atom. The minimum Gasteiger partial charge on any atom is -0.489 e. The monoisotopic (exact) mass is 364 g/mol. The zero-order chi connectivity index (χ0) is 18.6. The first kappa shape index (κ1) is 16.8. The third-order valence-electron chi connectivity index (χ3n) is 3.90. The SMILES string of the molecule is Cc1nnc(COC(=O)c2oc3ccccc3c2COc2ccccc2)o1. The van der Waals surface area contributed by atoms with Crippen molar-refractivity contribution in [3.63, 3.8) is 0 Å². The summed E-state index contributed by atoms with van der Waals surface area (Å²) in [6.45, 7) is 1.71. The van der Waals surface area contributed by atoms with Crippen LogP contribution in [0, 0.1) is 6.92 Å². The maximum atomic E-state index is 12.6. The van der Waals surface area contributed by atoms with Gasteiger partial charge in [-0.25, -0.2) is 4.79 Å². The molecule has 4 rings (SSSR count). The molecule has 0 saturated heterocycles. The summed E-state index contributed by atoms with van der Waals surface area (Å²) in [5.41, 5.74) is 1.21. The normalized spacial score (nSPS) is 10.9. The molecule has 136 valence electrons. The average molecular weight is 364 g/mol. The van der Waals surface area contributed by atoms with Crippen LogP contribution < -0.4 is 4.74 Å². The van der Waals surface area contributed by atoms with Crippen LogP contribution >= 0.6 is 0 Å². The molecule has 7 nitrogen and oxygen atoms in total. The van der Waals surface area contributed by atoms with Crippen LogP contribution in [0.4, 0.5) is 0 Å². The lowest BCUT2D eigenvalue weighted by molar-refractivity contribution is 0.0399. The maximum Gasteiger partial charge on any atom is 0.375 e. The maximum absolute atomic E-state index is 12.6. The second-order valence-electron chi connectivity index (χ2n) is 5.80. The van der Waals surface area contributed by atoms with Crippen molar-refractivity contribution in [3.8, 4) is 5.75 Å². The van der Waals surface area contributed by atoms with Crippen LogP contribution in [0.3, 0.4) is 0 Å². The minimum absolute atomic E-state index is 0.100. The number of fused-ring (bicyclic) bond motifs is 1. The molecule has 0 radical (unpaired) electrons. The van der Waals surface area contributed by atoms with Crippen molar-refractivity contribution in [3.05, 3.63) is 77.7 Å². The number of nitrogens with zero attached hydrogens (tertiary/aromatic N) is 2. The summed E-state index contributed by atoms with van der Waals surface area (Å²) in [4.78, 5) is 12.6. The van der Waals surface area contributed by atoms with E-state index in [9.17, 15) is 4.79 Å². The lowest BCUT2D eigenvalue weighted by Gasteiger charge is -2.06. The number of carbonyl (C=O) groups is 1. The molecule has 0 atom stereocenters. The number of aryl methyl sites for hydroxylation is 1. The molecule has 0 fully saturated rings. The Balaban J connectivity index is 1.58. The van der Waals surface area contributed by atoms with Crippen molar-refractivity contribution < 1.29 is 23.1 Å². The van der Waals surface area contributed by atoms with Crippen molar-refractivity contribution in [2.24, 2.45) is 0 Å². The summed E-state index contributed by atoms with van der Waals surface area (Å²) in [7, 11) is 0. The molecular weight excluding hydrogens is 348 g/mol. The van der Waals surface area contributed by atoms with E-state index in [1.165, 1.54) is 0 Å². The van der Waals surface area contributed by atoms with Gasteiger partial charge in [-0.15, -0.1) is 10.2 Å². The van der Waals surface area contributed by atoms with E-state index < -0.39 is 5.97 Å². The Labute approximate surface area is 154 Å². The van der Waals surface area contributed by atoms with Crippen molar-refractivity contribution in [2.75, 3.05) is 0 Å². The highest BCUT2D eigenvalue weighted by molar-refractivity contribution is 5.96. The number of furan rings is 1. The molecular formula is C20H16N2O5. The summed E-state index contributed by atoms with van der Waals surface area (Å²) in [6.07, 6.45) is 0. The number of aromatic nitrogens is 2. The molecule has 0 bridgehead atoms. The van der Waals surface area contributed by atoms with Gasteiger partial charge < -0.3 is 18.3 Å². The van der Waals surface area contributed by atoms with E-state index in [0.717, 1.165) is 5.39 Å². The third kappa shape index (κ3) is 3.67. The standard InChI is InChI=1S/C20H16N2O5/c1-13-21-22-18(26-13)12-25-20(23)19-16(11-24-14-7-3-2-4-8-14)15-9-5-6-10-17(15)27-19/h2-10H,11-12H2,1H3. The largest absolute Gasteiger partial charge is 0.489 e. The Kier molecular flexibility index (Phi) is 4.57. The highest BCUT2D eigenvalue weighted by Gasteiger charge is 2.23. The van der Waals surface area contributed by atoms with Gasteiger partial charge in [-0.1, -0.05) is 36.4 Å². The molecule has 0 spiro atoms. The Hall–Kier alpha value is -3.61. The molecule has 4 aromatic rings. The Morgan fingerprint density at radius 2 is 1.74 bits per heavy atom. The van der Waals surface area contributed by atoms with E-state index >= 15 is 0 Å². The van der Waals surface area contributed by atoms with Crippen LogP contribution in [0.25, 0.3) is 11.0 Å². The number of para-hydroxylation sites is 2. The summed E-state index contributed by atoms with van der Waals surface area (Å²) < 4.78 is 22.0. The van der Waals surface area contributed by atoms with Gasteiger partial charge in [0.05, 0.1) is 5.56 Å². The van der Waals surface area contributed by atoms with Crippen LogP contribution in [0.2, 0.25) is 0 Å². The second-order valence-corrected chi connectivity index (χ2v) is 5.80. The minimum atomic E-state index is -0.617. The van der Waals surface area contributed by atoms with Gasteiger partial charge in [0.2, 0.25) is 11.7 Å². The molecule has 2 aromatic carbocycles. The molecule has 0 unspecified atom stereocenters. The number of hydrogen-bond acceptors (Lipinski definition) is 7. The lowest BCUT2D eigenvalue weighted by Crippen LogP contribution is -2.08. The van der Waals surface area contributed by atoms with E-state index in [1.807, 2.05) is 48.5 Å². The number of hydrogen-bond donors (Lipinski definition) is 0. The fourth-order valence-electron chi connectivity index (χ4n) is 2.67. The molecule has 2 aromatic heterocycles. The summed E-state index contributed by atoms with van der Waals surface area (Å²) in [5, 5.41) is 8.30. The number of ether oxygens (including phenoxy) is 2. The zero-order valence-electron chi connectivity index (χ0n) is 14.5. The zero-order valence-corrected chi connectivity index (χ0v) is 14.5. The van der Waals surface area contributed by atoms with E-state index in [0.29, 0.717) is 22.8 Å². The number of carbonyl (C=O) groups excluding carboxylic acids is 1. The van der Waals surface area contributed by atoms with Crippen LogP contribution in [0.1, 0.15) is 27.9 Å². The van der Waals surface area contributed by atoms with E-state index in [4.69, 9.17) is 18.3 Å². The molecule has 7 heteroatoms. The van der Waals surface area contributed by atoms with E-state index in [2.05, 4.69) is 10.2 Å². The quantitative estimate of drug-likeness (QED) is 0.477. The van der Waals surface area contributed by atoms with Crippen LogP contribution in [0.5, 0.6) is 5.75 Å². The van der Waals surface area contributed by atoms with Crippen molar-refractivity contribution >= 4 is 16.9 Å². The van der Waals surface area contributed by atoms with Gasteiger partial charge in [-0.3, -0.25) is 0 Å². The molecule has 0 N–H and O–H groups in total. The first-order valence-electron chi connectivity index (χ1n) is 8.35. The predicted molar refractivity (Wildman–Crippen MR) is 95.1 cm³/mol. The number of benzene rings is 2. The van der Waals surface area contributed by atoms with Crippen LogP contribution in [-0.2, 0) is 18.0 Å².